The number of hydrogen-bond donors (Lipinski definition) is 0. The molecule has 0 spiro atoms. The second kappa shape index (κ2) is 8.80. The summed E-state index contributed by atoms with van der Waals surface area (Å²) in [5, 5.41) is 11.5. The summed E-state index contributed by atoms with van der Waals surface area (Å²) in [6.07, 6.45) is 0.503. The highest BCUT2D eigenvalue weighted by molar-refractivity contribution is 7.99. The number of hydrogen-bond acceptors (Lipinski definition) is 7. The number of thioether (sulfide) groups is 1. The lowest BCUT2D eigenvalue weighted by atomic mass is 10.1. The number of nitrogens with zero attached hydrogens (tertiary/aromatic N) is 4. The fourth-order valence-corrected chi connectivity index (χ4v) is 4.80. The molecule has 0 aliphatic carbocycles. The van der Waals surface area contributed by atoms with Gasteiger partial charge in [0.05, 0.1) is 22.9 Å². The van der Waals surface area contributed by atoms with Crippen LogP contribution in [0.3, 0.4) is 0 Å². The van der Waals surface area contributed by atoms with Crippen molar-refractivity contribution in [3.8, 4) is 5.69 Å². The Balaban J connectivity index is 1.45. The molecule has 0 radical (unpaired) electrons. The highest BCUT2D eigenvalue weighted by Gasteiger charge is 2.18. The fraction of sp³-hybridized carbons (Fsp3) is 0.304. The van der Waals surface area contributed by atoms with Gasteiger partial charge in [-0.2, -0.15) is 0 Å². The lowest BCUT2D eigenvalue weighted by Gasteiger charge is -2.12. The Morgan fingerprint density at radius 1 is 1.10 bits per heavy atom. The Bertz CT molecular complexity index is 1250. The van der Waals surface area contributed by atoms with Gasteiger partial charge >= 0.3 is 0 Å². The minimum absolute atomic E-state index is 0.0445. The standard InChI is InChI=1S/C23H24N4O2S2/c1-13-6-7-19(8-14(13)2)27-15(3)9-20(16(27)4)21(28)12-31-23-26-25-22(29-23)10-18-11-30-17(5)24-18/h6-9,11H,10,12H2,1-5H3. The van der Waals surface area contributed by atoms with Gasteiger partial charge in [-0.25, -0.2) is 4.98 Å². The fourth-order valence-electron chi connectivity index (χ4n) is 3.52. The summed E-state index contributed by atoms with van der Waals surface area (Å²) in [5.74, 6) is 0.797. The molecule has 4 aromatic rings. The zero-order valence-corrected chi connectivity index (χ0v) is 19.9. The molecule has 0 unspecified atom stereocenters. The summed E-state index contributed by atoms with van der Waals surface area (Å²) in [4.78, 5) is 17.3. The monoisotopic (exact) mass is 452 g/mol. The molecule has 3 heterocycles. The number of Topliss-reactive ketones (excluding diaryl/α,β-unsaturated/α-hetero) is 1. The van der Waals surface area contributed by atoms with Crippen molar-refractivity contribution < 1.29 is 9.21 Å². The van der Waals surface area contributed by atoms with Crippen LogP contribution >= 0.6 is 23.1 Å². The van der Waals surface area contributed by atoms with Gasteiger partial charge in [0, 0.05) is 28.0 Å². The zero-order valence-electron chi connectivity index (χ0n) is 18.2. The van der Waals surface area contributed by atoms with Gasteiger partial charge in [0.25, 0.3) is 5.22 Å². The van der Waals surface area contributed by atoms with Crippen molar-refractivity contribution in [3.63, 3.8) is 0 Å². The SMILES string of the molecule is Cc1nc(Cc2nnc(SCC(=O)c3cc(C)n(-c4ccc(C)c(C)c4)c3C)o2)cs1. The number of aromatic nitrogens is 4. The van der Waals surface area contributed by atoms with Crippen LogP contribution < -0.4 is 0 Å². The quantitative estimate of drug-likeness (QED) is 0.275. The number of carbonyl (C=O) groups excluding carboxylic acids is 1. The van der Waals surface area contributed by atoms with Crippen LogP contribution in [0.5, 0.6) is 0 Å². The molecule has 4 rings (SSSR count). The summed E-state index contributed by atoms with van der Waals surface area (Å²) in [5.41, 5.74) is 7.17. The van der Waals surface area contributed by atoms with Crippen molar-refractivity contribution in [2.24, 2.45) is 0 Å². The molecule has 0 saturated heterocycles. The van der Waals surface area contributed by atoms with E-state index in [0.717, 1.165) is 33.3 Å². The molecule has 0 saturated carbocycles. The maximum atomic E-state index is 12.9. The van der Waals surface area contributed by atoms with Crippen LogP contribution in [0.15, 0.2) is 39.3 Å². The van der Waals surface area contributed by atoms with Crippen LogP contribution in [-0.4, -0.2) is 31.3 Å². The molecular formula is C23H24N4O2S2. The average molecular weight is 453 g/mol. The summed E-state index contributed by atoms with van der Waals surface area (Å²) in [6, 6.07) is 8.31. The third kappa shape index (κ3) is 4.65. The van der Waals surface area contributed by atoms with Crippen LogP contribution in [0.1, 0.15) is 49.5 Å². The molecule has 0 N–H and O–H groups in total. The number of carbonyl (C=O) groups is 1. The van der Waals surface area contributed by atoms with E-state index in [1.165, 1.54) is 22.9 Å². The third-order valence-electron chi connectivity index (χ3n) is 5.25. The van der Waals surface area contributed by atoms with E-state index in [-0.39, 0.29) is 11.5 Å². The molecule has 0 fully saturated rings. The Kier molecular flexibility index (Phi) is 6.11. The van der Waals surface area contributed by atoms with Crippen LogP contribution in [0.4, 0.5) is 0 Å². The Labute approximate surface area is 189 Å². The molecule has 6 nitrogen and oxygen atoms in total. The minimum Gasteiger partial charge on any atom is -0.416 e. The number of ketones is 1. The van der Waals surface area contributed by atoms with Crippen molar-refractivity contribution in [2.75, 3.05) is 5.75 Å². The van der Waals surface area contributed by atoms with Gasteiger partial charge in [0.1, 0.15) is 0 Å². The van der Waals surface area contributed by atoms with Crippen molar-refractivity contribution in [3.05, 3.63) is 74.3 Å². The van der Waals surface area contributed by atoms with Gasteiger partial charge in [0.15, 0.2) is 5.78 Å². The molecule has 0 atom stereocenters. The molecular weight excluding hydrogens is 428 g/mol. The molecule has 160 valence electrons. The Morgan fingerprint density at radius 3 is 2.61 bits per heavy atom. The lowest BCUT2D eigenvalue weighted by molar-refractivity contribution is 0.102. The van der Waals surface area contributed by atoms with Crippen LogP contribution in [-0.2, 0) is 6.42 Å². The van der Waals surface area contributed by atoms with Crippen LogP contribution in [0.2, 0.25) is 0 Å². The van der Waals surface area contributed by atoms with Gasteiger partial charge in [-0.15, -0.1) is 21.5 Å². The summed E-state index contributed by atoms with van der Waals surface area (Å²) in [6.45, 7) is 10.2. The van der Waals surface area contributed by atoms with Gasteiger partial charge in [-0.1, -0.05) is 17.8 Å². The van der Waals surface area contributed by atoms with Gasteiger partial charge in [-0.05, 0) is 63.9 Å². The lowest BCUT2D eigenvalue weighted by Crippen LogP contribution is -2.06. The molecule has 3 aromatic heterocycles. The van der Waals surface area contributed by atoms with E-state index in [1.54, 1.807) is 11.3 Å². The maximum Gasteiger partial charge on any atom is 0.277 e. The molecule has 8 heteroatoms. The molecule has 31 heavy (non-hydrogen) atoms. The van der Waals surface area contributed by atoms with Crippen LogP contribution in [0.25, 0.3) is 5.69 Å². The number of aryl methyl sites for hydroxylation is 4. The van der Waals surface area contributed by atoms with Crippen molar-refractivity contribution in [1.82, 2.24) is 19.7 Å². The van der Waals surface area contributed by atoms with E-state index in [4.69, 9.17) is 4.42 Å². The first-order chi connectivity index (χ1) is 14.8. The first-order valence-electron chi connectivity index (χ1n) is 9.97. The minimum atomic E-state index is 0.0445. The highest BCUT2D eigenvalue weighted by atomic mass is 32.2. The smallest absolute Gasteiger partial charge is 0.277 e. The number of thiazole rings is 1. The van der Waals surface area contributed by atoms with E-state index in [2.05, 4.69) is 51.8 Å². The van der Waals surface area contributed by atoms with E-state index in [9.17, 15) is 4.79 Å². The largest absolute Gasteiger partial charge is 0.416 e. The zero-order chi connectivity index (χ0) is 22.1. The molecule has 0 aliphatic heterocycles. The van der Waals surface area contributed by atoms with Gasteiger partial charge in [0.2, 0.25) is 5.89 Å². The molecule has 0 bridgehead atoms. The molecule has 0 amide bonds. The molecule has 1 aromatic carbocycles. The number of rotatable bonds is 7. The predicted octanol–water partition coefficient (Wildman–Crippen LogP) is 5.42. The Morgan fingerprint density at radius 2 is 1.90 bits per heavy atom. The van der Waals surface area contributed by atoms with Crippen molar-refractivity contribution >= 4 is 28.9 Å². The van der Waals surface area contributed by atoms with E-state index < -0.39 is 0 Å². The van der Waals surface area contributed by atoms with E-state index in [0.29, 0.717) is 17.5 Å². The Hall–Kier alpha value is -2.71. The van der Waals surface area contributed by atoms with Gasteiger partial charge in [-0.3, -0.25) is 4.79 Å². The first kappa shape index (κ1) is 21.5. The second-order valence-electron chi connectivity index (χ2n) is 7.60. The predicted molar refractivity (Wildman–Crippen MR) is 124 cm³/mol. The summed E-state index contributed by atoms with van der Waals surface area (Å²) in [7, 11) is 0. The topological polar surface area (TPSA) is 73.8 Å². The van der Waals surface area contributed by atoms with E-state index >= 15 is 0 Å². The number of benzene rings is 1. The second-order valence-corrected chi connectivity index (χ2v) is 9.59. The van der Waals surface area contributed by atoms with Gasteiger partial charge < -0.3 is 8.98 Å². The normalized spacial score (nSPS) is 11.3. The van der Waals surface area contributed by atoms with Crippen LogP contribution in [0, 0.1) is 34.6 Å². The summed E-state index contributed by atoms with van der Waals surface area (Å²) >= 11 is 2.86. The first-order valence-corrected chi connectivity index (χ1v) is 11.8. The van der Waals surface area contributed by atoms with Crippen molar-refractivity contribution in [2.45, 2.75) is 46.3 Å². The van der Waals surface area contributed by atoms with E-state index in [1.807, 2.05) is 32.2 Å². The van der Waals surface area contributed by atoms with Crippen molar-refractivity contribution in [1.29, 1.82) is 0 Å². The maximum absolute atomic E-state index is 12.9. The highest BCUT2D eigenvalue weighted by Crippen LogP contribution is 2.25. The summed E-state index contributed by atoms with van der Waals surface area (Å²) < 4.78 is 7.81. The third-order valence-corrected chi connectivity index (χ3v) is 6.89. The average Bonchev–Trinajstić information content (AvgIpc) is 3.42. The molecule has 0 aliphatic rings.